The van der Waals surface area contributed by atoms with E-state index in [0.717, 1.165) is 0 Å². The van der Waals surface area contributed by atoms with E-state index in [1.165, 1.54) is 0 Å². The first kappa shape index (κ1) is 12.4. The summed E-state index contributed by atoms with van der Waals surface area (Å²) in [6, 6.07) is 0. The molecule has 0 unspecified atom stereocenters. The maximum Gasteiger partial charge on any atom is 0.330 e. The number of nitrogens with two attached hydrogens (primary N) is 1. The molecule has 4 heteroatoms. The van der Waals surface area contributed by atoms with E-state index >= 15 is 0 Å². The Morgan fingerprint density at radius 1 is 1.31 bits per heavy atom. The van der Waals surface area contributed by atoms with Crippen molar-refractivity contribution >= 4 is 5.97 Å². The highest BCUT2D eigenvalue weighted by molar-refractivity contribution is 5.75. The number of nitrogens with one attached hydrogen (secondary N) is 1. The lowest BCUT2D eigenvalue weighted by molar-refractivity contribution is -0.165. The number of rotatable bonds is 3. The summed E-state index contributed by atoms with van der Waals surface area (Å²) in [5.41, 5.74) is 7.23. The molecule has 0 aromatic carbocycles. The molecule has 0 aromatic heterocycles. The first-order valence-electron chi connectivity index (χ1n) is 4.37. The van der Waals surface area contributed by atoms with Crippen molar-refractivity contribution < 1.29 is 9.63 Å². The van der Waals surface area contributed by atoms with Crippen LogP contribution < -0.4 is 11.2 Å². The van der Waals surface area contributed by atoms with Gasteiger partial charge in [-0.05, 0) is 34.6 Å². The molecule has 0 heterocycles. The smallest absolute Gasteiger partial charge is 0.330 e. The highest BCUT2D eigenvalue weighted by Crippen LogP contribution is 2.14. The minimum absolute atomic E-state index is 0.283. The molecule has 0 radical (unpaired) electrons. The summed E-state index contributed by atoms with van der Waals surface area (Å²) in [6.45, 7) is 9.53. The number of hydrogen-bond acceptors (Lipinski definition) is 4. The maximum atomic E-state index is 11.3. The minimum atomic E-state index is -0.488. The van der Waals surface area contributed by atoms with Crippen LogP contribution in [0.5, 0.6) is 0 Å². The summed E-state index contributed by atoms with van der Waals surface area (Å²) in [5, 5.41) is 0. The van der Waals surface area contributed by atoms with Gasteiger partial charge in [0.25, 0.3) is 0 Å². The molecule has 13 heavy (non-hydrogen) atoms. The average Bonchev–Trinajstić information content (AvgIpc) is 1.98. The van der Waals surface area contributed by atoms with Crippen LogP contribution in [-0.4, -0.2) is 18.1 Å². The van der Waals surface area contributed by atoms with Gasteiger partial charge in [-0.15, -0.1) is 5.48 Å². The van der Waals surface area contributed by atoms with E-state index in [2.05, 4.69) is 5.48 Å². The Morgan fingerprint density at radius 3 is 2.08 bits per heavy atom. The normalized spacial score (nSPS) is 12.8. The van der Waals surface area contributed by atoms with E-state index in [-0.39, 0.29) is 11.5 Å². The molecule has 0 bridgehead atoms. The van der Waals surface area contributed by atoms with Gasteiger partial charge >= 0.3 is 5.97 Å². The molecule has 4 nitrogen and oxygen atoms in total. The van der Waals surface area contributed by atoms with Gasteiger partial charge in [-0.25, -0.2) is 4.79 Å². The summed E-state index contributed by atoms with van der Waals surface area (Å²) >= 11 is 0. The monoisotopic (exact) mass is 188 g/mol. The Labute approximate surface area is 79.8 Å². The fourth-order valence-electron chi connectivity index (χ4n) is 0.379. The summed E-state index contributed by atoms with van der Waals surface area (Å²) in [5.74, 6) is -0.283. The SMILES string of the molecule is CC(C)(CN)NOC(=O)C(C)(C)C. The number of carbonyl (C=O) groups is 1. The third-order valence-corrected chi connectivity index (χ3v) is 1.54. The quantitative estimate of drug-likeness (QED) is 0.643. The molecule has 0 amide bonds. The Kier molecular flexibility index (Phi) is 3.88. The molecule has 0 rings (SSSR count). The highest BCUT2D eigenvalue weighted by atomic mass is 16.7. The second kappa shape index (κ2) is 4.07. The molecule has 0 aromatic rings. The maximum absolute atomic E-state index is 11.3. The fraction of sp³-hybridized carbons (Fsp3) is 0.889. The van der Waals surface area contributed by atoms with Crippen molar-refractivity contribution in [1.29, 1.82) is 0 Å². The van der Waals surface area contributed by atoms with Crippen molar-refractivity contribution in [2.24, 2.45) is 11.1 Å². The van der Waals surface area contributed by atoms with Crippen LogP contribution in [0.2, 0.25) is 0 Å². The van der Waals surface area contributed by atoms with Gasteiger partial charge in [0.15, 0.2) is 0 Å². The van der Waals surface area contributed by atoms with Gasteiger partial charge in [-0.2, -0.15) is 0 Å². The van der Waals surface area contributed by atoms with Gasteiger partial charge in [0, 0.05) is 6.54 Å². The molecule has 0 spiro atoms. The van der Waals surface area contributed by atoms with Crippen molar-refractivity contribution in [3.8, 4) is 0 Å². The molecule has 0 fully saturated rings. The summed E-state index contributed by atoms with van der Waals surface area (Å²) in [7, 11) is 0. The summed E-state index contributed by atoms with van der Waals surface area (Å²) < 4.78 is 0. The van der Waals surface area contributed by atoms with E-state index in [9.17, 15) is 4.79 Å². The topological polar surface area (TPSA) is 64.3 Å². The van der Waals surface area contributed by atoms with E-state index in [1.807, 2.05) is 13.8 Å². The first-order chi connectivity index (χ1) is 5.69. The Morgan fingerprint density at radius 2 is 1.77 bits per heavy atom. The molecule has 0 aliphatic carbocycles. The van der Waals surface area contributed by atoms with Crippen molar-refractivity contribution in [2.45, 2.75) is 40.2 Å². The third kappa shape index (κ3) is 4.85. The van der Waals surface area contributed by atoms with Crippen molar-refractivity contribution in [1.82, 2.24) is 5.48 Å². The zero-order chi connectivity index (χ0) is 10.7. The van der Waals surface area contributed by atoms with Crippen LogP contribution in [0.25, 0.3) is 0 Å². The van der Waals surface area contributed by atoms with Gasteiger partial charge < -0.3 is 10.6 Å². The molecule has 3 N–H and O–H groups in total. The van der Waals surface area contributed by atoms with Gasteiger partial charge in [0.05, 0.1) is 11.0 Å². The van der Waals surface area contributed by atoms with Crippen LogP contribution in [-0.2, 0) is 9.63 Å². The molecule has 78 valence electrons. The number of hydrogen-bond donors (Lipinski definition) is 2. The Balaban J connectivity index is 3.98. The predicted octanol–water partition coefficient (Wildman–Crippen LogP) is 0.818. The molecule has 0 aliphatic heterocycles. The van der Waals surface area contributed by atoms with E-state index in [4.69, 9.17) is 10.6 Å². The van der Waals surface area contributed by atoms with Crippen LogP contribution in [0.3, 0.4) is 0 Å². The van der Waals surface area contributed by atoms with Crippen molar-refractivity contribution in [3.63, 3.8) is 0 Å². The largest absolute Gasteiger partial charge is 0.370 e. The van der Waals surface area contributed by atoms with E-state index < -0.39 is 5.41 Å². The van der Waals surface area contributed by atoms with Crippen LogP contribution in [0, 0.1) is 5.41 Å². The van der Waals surface area contributed by atoms with Crippen molar-refractivity contribution in [2.75, 3.05) is 6.54 Å². The second-order valence-electron chi connectivity index (χ2n) is 4.83. The second-order valence-corrected chi connectivity index (χ2v) is 4.83. The molecular weight excluding hydrogens is 168 g/mol. The molecule has 0 saturated heterocycles. The summed E-state index contributed by atoms with van der Waals surface area (Å²) in [6.07, 6.45) is 0. The van der Waals surface area contributed by atoms with Gasteiger partial charge in [0.2, 0.25) is 0 Å². The summed E-state index contributed by atoms with van der Waals surface area (Å²) in [4.78, 5) is 16.2. The highest BCUT2D eigenvalue weighted by Gasteiger charge is 2.26. The minimum Gasteiger partial charge on any atom is -0.370 e. The standard InChI is InChI=1S/C9H20N2O2/c1-8(2,3)7(12)13-11-9(4,5)6-10/h11H,6,10H2,1-5H3. The molecule has 0 aliphatic rings. The number of carbonyl (C=O) groups excluding carboxylic acids is 1. The lowest BCUT2D eigenvalue weighted by Crippen LogP contribution is -2.47. The lowest BCUT2D eigenvalue weighted by atomic mass is 9.98. The molecular formula is C9H20N2O2. The van der Waals surface area contributed by atoms with E-state index in [1.54, 1.807) is 20.8 Å². The van der Waals surface area contributed by atoms with Gasteiger partial charge in [-0.3, -0.25) is 0 Å². The predicted molar refractivity (Wildman–Crippen MR) is 51.8 cm³/mol. The zero-order valence-corrected chi connectivity index (χ0v) is 9.10. The average molecular weight is 188 g/mol. The van der Waals surface area contributed by atoms with E-state index in [0.29, 0.717) is 6.54 Å². The lowest BCUT2D eigenvalue weighted by Gasteiger charge is -2.25. The Hall–Kier alpha value is -0.610. The molecule has 0 saturated carbocycles. The molecule has 0 atom stereocenters. The fourth-order valence-corrected chi connectivity index (χ4v) is 0.379. The van der Waals surface area contributed by atoms with Gasteiger partial charge in [0.1, 0.15) is 0 Å². The van der Waals surface area contributed by atoms with Crippen LogP contribution in [0.15, 0.2) is 0 Å². The first-order valence-corrected chi connectivity index (χ1v) is 4.37. The van der Waals surface area contributed by atoms with Gasteiger partial charge in [-0.1, -0.05) is 0 Å². The van der Waals surface area contributed by atoms with Crippen LogP contribution in [0.4, 0.5) is 0 Å². The van der Waals surface area contributed by atoms with Crippen LogP contribution >= 0.6 is 0 Å². The third-order valence-electron chi connectivity index (χ3n) is 1.54. The number of hydroxylamine groups is 1. The van der Waals surface area contributed by atoms with Crippen molar-refractivity contribution in [3.05, 3.63) is 0 Å². The Bertz CT molecular complexity index is 183. The zero-order valence-electron chi connectivity index (χ0n) is 9.10. The van der Waals surface area contributed by atoms with Crippen LogP contribution in [0.1, 0.15) is 34.6 Å².